The smallest absolute Gasteiger partial charge is 0.263 e. The van der Waals surface area contributed by atoms with Crippen LogP contribution in [-0.2, 0) is 16.4 Å². The number of nitrogens with one attached hydrogen (secondary N) is 1. The maximum absolute atomic E-state index is 12.6. The fourth-order valence-corrected chi connectivity index (χ4v) is 4.74. The number of sulfonamides is 1. The molecule has 0 saturated heterocycles. The molecule has 0 saturated carbocycles. The highest BCUT2D eigenvalue weighted by Crippen LogP contribution is 2.31. The summed E-state index contributed by atoms with van der Waals surface area (Å²) in [6, 6.07) is 13.7. The zero-order valence-electron chi connectivity index (χ0n) is 16.4. The number of anilines is 1. The van der Waals surface area contributed by atoms with Gasteiger partial charge in [-0.1, -0.05) is 6.92 Å². The maximum atomic E-state index is 12.6. The molecule has 1 N–H and O–H groups in total. The normalized spacial score (nSPS) is 11.1. The summed E-state index contributed by atoms with van der Waals surface area (Å²) in [5, 5.41) is 15.7. The lowest BCUT2D eigenvalue weighted by molar-refractivity contribution is 0.474. The molecule has 156 valence electrons. The summed E-state index contributed by atoms with van der Waals surface area (Å²) in [6.45, 7) is 2.00. The van der Waals surface area contributed by atoms with Crippen molar-refractivity contribution < 1.29 is 13.2 Å². The van der Waals surface area contributed by atoms with Gasteiger partial charge in [-0.2, -0.15) is 10.4 Å². The van der Waals surface area contributed by atoms with Crippen LogP contribution >= 0.6 is 11.3 Å². The molecular weight excluding hydrogens is 434 g/mol. The Balaban J connectivity index is 1.63. The highest BCUT2D eigenvalue weighted by Gasteiger charge is 2.19. The van der Waals surface area contributed by atoms with Gasteiger partial charge < -0.3 is 4.74 Å². The first-order valence-electron chi connectivity index (χ1n) is 9.27. The molecule has 8 nitrogen and oxygen atoms in total. The van der Waals surface area contributed by atoms with Crippen molar-refractivity contribution >= 4 is 26.5 Å². The Kier molecular flexibility index (Phi) is 5.70. The molecule has 0 aliphatic carbocycles. The molecule has 2 aromatic heterocycles. The van der Waals surface area contributed by atoms with Crippen LogP contribution < -0.4 is 9.46 Å². The molecule has 0 bridgehead atoms. The standard InChI is InChI=1S/C21H17N5O3S2/c1-2-15-12-17(26-10-3-8-24-26)4-6-19(15)29-20-7-5-18(13-16(20)14-22)31(27,28)25-21-23-9-11-30-21/h3-13H,2H2,1H3,(H,23,25). The average molecular weight is 452 g/mol. The number of aromatic nitrogens is 3. The summed E-state index contributed by atoms with van der Waals surface area (Å²) in [4.78, 5) is 3.87. The minimum Gasteiger partial charge on any atom is -0.456 e. The SMILES string of the molecule is CCc1cc(-n2cccn2)ccc1Oc1ccc(S(=O)(=O)Nc2nccs2)cc1C#N. The van der Waals surface area contributed by atoms with Crippen LogP contribution in [0.1, 0.15) is 18.1 Å². The monoisotopic (exact) mass is 451 g/mol. The highest BCUT2D eigenvalue weighted by molar-refractivity contribution is 7.93. The van der Waals surface area contributed by atoms with Gasteiger partial charge in [0.2, 0.25) is 0 Å². The summed E-state index contributed by atoms with van der Waals surface area (Å²) in [6.07, 6.45) is 5.76. The second-order valence-corrected chi connectivity index (χ2v) is 8.99. The number of nitriles is 1. The minimum atomic E-state index is -3.87. The summed E-state index contributed by atoms with van der Waals surface area (Å²) in [7, 11) is -3.87. The Morgan fingerprint density at radius 1 is 1.19 bits per heavy atom. The molecule has 0 unspecified atom stereocenters. The average Bonchev–Trinajstić information content (AvgIpc) is 3.48. The Hall–Kier alpha value is -3.68. The number of thiazole rings is 1. The van der Waals surface area contributed by atoms with Crippen LogP contribution in [0, 0.1) is 11.3 Å². The summed E-state index contributed by atoms with van der Waals surface area (Å²) in [5.41, 5.74) is 1.93. The first kappa shape index (κ1) is 20.6. The van der Waals surface area contributed by atoms with Gasteiger partial charge >= 0.3 is 0 Å². The summed E-state index contributed by atoms with van der Waals surface area (Å²) >= 11 is 1.17. The molecule has 0 amide bonds. The maximum Gasteiger partial charge on any atom is 0.263 e. The van der Waals surface area contributed by atoms with Crippen molar-refractivity contribution in [2.45, 2.75) is 18.2 Å². The third-order valence-corrected chi connectivity index (χ3v) is 6.60. The van der Waals surface area contributed by atoms with Gasteiger partial charge in [0.05, 0.1) is 16.1 Å². The van der Waals surface area contributed by atoms with Crippen LogP contribution in [0.4, 0.5) is 5.13 Å². The highest BCUT2D eigenvalue weighted by atomic mass is 32.2. The van der Waals surface area contributed by atoms with Crippen LogP contribution in [0.3, 0.4) is 0 Å². The third kappa shape index (κ3) is 4.42. The van der Waals surface area contributed by atoms with Crippen molar-refractivity contribution in [2.24, 2.45) is 0 Å². The van der Waals surface area contributed by atoms with Gasteiger partial charge in [0, 0.05) is 24.0 Å². The van der Waals surface area contributed by atoms with E-state index < -0.39 is 10.0 Å². The lowest BCUT2D eigenvalue weighted by Crippen LogP contribution is -2.13. The summed E-state index contributed by atoms with van der Waals surface area (Å²) < 4.78 is 35.3. The van der Waals surface area contributed by atoms with E-state index in [0.717, 1.165) is 11.3 Å². The van der Waals surface area contributed by atoms with Crippen molar-refractivity contribution in [3.05, 3.63) is 77.6 Å². The first-order valence-corrected chi connectivity index (χ1v) is 11.6. The number of nitrogens with zero attached hydrogens (tertiary/aromatic N) is 4. The molecule has 2 aromatic carbocycles. The Labute approximate surface area is 183 Å². The number of benzene rings is 2. The van der Waals surface area contributed by atoms with Crippen molar-refractivity contribution in [1.82, 2.24) is 14.8 Å². The van der Waals surface area contributed by atoms with E-state index in [1.807, 2.05) is 43.5 Å². The van der Waals surface area contributed by atoms with Crippen molar-refractivity contribution in [2.75, 3.05) is 4.72 Å². The van der Waals surface area contributed by atoms with Crippen molar-refractivity contribution in [3.8, 4) is 23.3 Å². The number of ether oxygens (including phenoxy) is 1. The fourth-order valence-electron chi connectivity index (χ4n) is 2.92. The summed E-state index contributed by atoms with van der Waals surface area (Å²) in [5.74, 6) is 0.865. The first-order chi connectivity index (χ1) is 15.0. The fraction of sp³-hybridized carbons (Fsp3) is 0.0952. The molecule has 4 rings (SSSR count). The lowest BCUT2D eigenvalue weighted by atomic mass is 10.1. The van der Waals surface area contributed by atoms with E-state index in [0.29, 0.717) is 12.2 Å². The van der Waals surface area contributed by atoms with E-state index >= 15 is 0 Å². The molecule has 0 aliphatic heterocycles. The van der Waals surface area contributed by atoms with E-state index in [9.17, 15) is 13.7 Å². The second-order valence-electron chi connectivity index (χ2n) is 6.41. The Morgan fingerprint density at radius 2 is 2.03 bits per heavy atom. The number of hydrogen-bond donors (Lipinski definition) is 1. The molecule has 0 aliphatic rings. The van der Waals surface area contributed by atoms with E-state index in [1.54, 1.807) is 16.3 Å². The lowest BCUT2D eigenvalue weighted by Gasteiger charge is -2.14. The van der Waals surface area contributed by atoms with Gasteiger partial charge in [-0.15, -0.1) is 11.3 Å². The largest absolute Gasteiger partial charge is 0.456 e. The minimum absolute atomic E-state index is 0.0451. The van der Waals surface area contributed by atoms with Crippen LogP contribution in [0.5, 0.6) is 11.5 Å². The predicted octanol–water partition coefficient (Wildman–Crippen LogP) is 4.36. The molecule has 0 fully saturated rings. The van der Waals surface area contributed by atoms with Crippen LogP contribution in [-0.4, -0.2) is 23.2 Å². The van der Waals surface area contributed by atoms with Crippen LogP contribution in [0.15, 0.2) is 71.3 Å². The second kappa shape index (κ2) is 8.59. The zero-order chi connectivity index (χ0) is 21.8. The molecule has 31 heavy (non-hydrogen) atoms. The molecule has 2 heterocycles. The van der Waals surface area contributed by atoms with Gasteiger partial charge in [0.1, 0.15) is 17.6 Å². The van der Waals surface area contributed by atoms with Gasteiger partial charge in [-0.05, 0) is 54.4 Å². The number of aryl methyl sites for hydroxylation is 1. The van der Waals surface area contributed by atoms with Gasteiger partial charge in [-0.3, -0.25) is 4.72 Å². The number of rotatable bonds is 7. The topological polar surface area (TPSA) is 110 Å². The van der Waals surface area contributed by atoms with Gasteiger partial charge in [0.15, 0.2) is 5.13 Å². The molecule has 0 atom stereocenters. The number of hydrogen-bond acceptors (Lipinski definition) is 7. The van der Waals surface area contributed by atoms with Gasteiger partial charge in [0.25, 0.3) is 10.0 Å². The van der Waals surface area contributed by atoms with Gasteiger partial charge in [-0.25, -0.2) is 18.1 Å². The van der Waals surface area contributed by atoms with Crippen LogP contribution in [0.25, 0.3) is 5.69 Å². The Morgan fingerprint density at radius 3 is 2.71 bits per heavy atom. The molecule has 0 spiro atoms. The van der Waals surface area contributed by atoms with Crippen molar-refractivity contribution in [3.63, 3.8) is 0 Å². The molecular formula is C21H17N5O3S2. The molecule has 10 heteroatoms. The van der Waals surface area contributed by atoms with E-state index in [1.165, 1.54) is 35.7 Å². The molecule has 4 aromatic rings. The van der Waals surface area contributed by atoms with Crippen LogP contribution in [0.2, 0.25) is 0 Å². The van der Waals surface area contributed by atoms with E-state index in [4.69, 9.17) is 4.74 Å². The molecule has 0 radical (unpaired) electrons. The Bertz CT molecular complexity index is 1340. The quantitative estimate of drug-likeness (QED) is 0.447. The van der Waals surface area contributed by atoms with E-state index in [2.05, 4.69) is 14.8 Å². The zero-order valence-corrected chi connectivity index (χ0v) is 18.0. The third-order valence-electron chi connectivity index (χ3n) is 4.45. The van der Waals surface area contributed by atoms with Crippen molar-refractivity contribution in [1.29, 1.82) is 5.26 Å². The predicted molar refractivity (Wildman–Crippen MR) is 117 cm³/mol. The van der Waals surface area contributed by atoms with E-state index in [-0.39, 0.29) is 21.3 Å².